The minimum Gasteiger partial charge on any atom is -0.350 e. The van der Waals surface area contributed by atoms with Gasteiger partial charge in [-0.15, -0.1) is 0 Å². The molecule has 0 spiro atoms. The average molecular weight is 542 g/mol. The number of likely N-dealkylation sites (N-methyl/N-ethyl adjacent to an activating group) is 1. The quantitative estimate of drug-likeness (QED) is 0.400. The topological polar surface area (TPSA) is 86.8 Å². The van der Waals surface area contributed by atoms with Crippen molar-refractivity contribution < 1.29 is 18.0 Å². The van der Waals surface area contributed by atoms with E-state index in [0.29, 0.717) is 11.6 Å². The number of amides is 2. The first-order chi connectivity index (χ1) is 17.5. The molecular weight excluding hydrogens is 510 g/mol. The minimum absolute atomic E-state index is 0.114. The van der Waals surface area contributed by atoms with Crippen LogP contribution in [0, 0.1) is 6.92 Å². The first-order valence-corrected chi connectivity index (χ1v) is 14.1. The van der Waals surface area contributed by atoms with Crippen LogP contribution in [0.4, 0.5) is 0 Å². The SMILES string of the molecule is Cc1ccc(CNC(=O)C(Cc2ccccc2)N(Cc2ccc(Cl)cc2)C(=O)CN(C)S(C)(=O)=O)cc1. The van der Waals surface area contributed by atoms with Gasteiger partial charge in [0.05, 0.1) is 12.8 Å². The van der Waals surface area contributed by atoms with Gasteiger partial charge in [-0.3, -0.25) is 9.59 Å². The summed E-state index contributed by atoms with van der Waals surface area (Å²) in [6, 6.07) is 23.4. The Hall–Kier alpha value is -3.20. The molecule has 0 aromatic heterocycles. The molecule has 196 valence electrons. The van der Waals surface area contributed by atoms with Crippen LogP contribution in [-0.4, -0.2) is 55.3 Å². The van der Waals surface area contributed by atoms with E-state index in [1.165, 1.54) is 11.9 Å². The van der Waals surface area contributed by atoms with Crippen LogP contribution in [0.3, 0.4) is 0 Å². The molecule has 1 atom stereocenters. The zero-order valence-corrected chi connectivity index (χ0v) is 22.8. The molecule has 0 saturated heterocycles. The van der Waals surface area contributed by atoms with Gasteiger partial charge in [0.1, 0.15) is 6.04 Å². The highest BCUT2D eigenvalue weighted by molar-refractivity contribution is 7.88. The van der Waals surface area contributed by atoms with Gasteiger partial charge in [0.15, 0.2) is 0 Å². The lowest BCUT2D eigenvalue weighted by Crippen LogP contribution is -2.52. The van der Waals surface area contributed by atoms with Crippen molar-refractivity contribution in [2.24, 2.45) is 0 Å². The van der Waals surface area contributed by atoms with Gasteiger partial charge in [-0.1, -0.05) is 83.9 Å². The maximum Gasteiger partial charge on any atom is 0.243 e. The molecule has 0 fully saturated rings. The van der Waals surface area contributed by atoms with Gasteiger partial charge >= 0.3 is 0 Å². The highest BCUT2D eigenvalue weighted by atomic mass is 35.5. The standard InChI is InChI=1S/C28H32ClN3O4S/c1-21-9-11-23(12-10-21)18-30-28(34)26(17-22-7-5-4-6-8-22)32(19-24-13-15-25(29)16-14-24)27(33)20-31(2)37(3,35)36/h4-16,26H,17-20H2,1-3H3,(H,30,34). The van der Waals surface area contributed by atoms with E-state index in [0.717, 1.165) is 32.8 Å². The summed E-state index contributed by atoms with van der Waals surface area (Å²) >= 11 is 6.04. The lowest BCUT2D eigenvalue weighted by molar-refractivity contribution is -0.141. The summed E-state index contributed by atoms with van der Waals surface area (Å²) in [5, 5.41) is 3.52. The summed E-state index contributed by atoms with van der Waals surface area (Å²) in [5.41, 5.74) is 3.70. The number of hydrogen-bond donors (Lipinski definition) is 1. The first-order valence-electron chi connectivity index (χ1n) is 11.9. The second kappa shape index (κ2) is 12.9. The molecule has 0 bridgehead atoms. The lowest BCUT2D eigenvalue weighted by atomic mass is 10.0. The Labute approximate surface area is 224 Å². The van der Waals surface area contributed by atoms with E-state index >= 15 is 0 Å². The number of halogens is 1. The van der Waals surface area contributed by atoms with Gasteiger partial charge in [-0.05, 0) is 35.7 Å². The molecule has 1 unspecified atom stereocenters. The monoisotopic (exact) mass is 541 g/mol. The highest BCUT2D eigenvalue weighted by Crippen LogP contribution is 2.17. The van der Waals surface area contributed by atoms with E-state index in [1.807, 2.05) is 61.5 Å². The largest absolute Gasteiger partial charge is 0.350 e. The number of aryl methyl sites for hydroxylation is 1. The van der Waals surface area contributed by atoms with Crippen LogP contribution in [0.2, 0.25) is 5.02 Å². The van der Waals surface area contributed by atoms with Gasteiger partial charge in [0.2, 0.25) is 21.8 Å². The fraction of sp³-hybridized carbons (Fsp3) is 0.286. The molecule has 0 aliphatic heterocycles. The van der Waals surface area contributed by atoms with Crippen LogP contribution in [0.1, 0.15) is 22.3 Å². The van der Waals surface area contributed by atoms with Crippen LogP contribution < -0.4 is 5.32 Å². The maximum absolute atomic E-state index is 13.6. The van der Waals surface area contributed by atoms with Gasteiger partial charge in [0, 0.05) is 31.6 Å². The Morgan fingerprint density at radius 3 is 2.08 bits per heavy atom. The zero-order chi connectivity index (χ0) is 27.0. The molecule has 1 N–H and O–H groups in total. The molecule has 0 aliphatic rings. The van der Waals surface area contributed by atoms with E-state index in [2.05, 4.69) is 5.32 Å². The van der Waals surface area contributed by atoms with Crippen molar-refractivity contribution in [1.29, 1.82) is 0 Å². The number of hydrogen-bond acceptors (Lipinski definition) is 4. The van der Waals surface area contributed by atoms with Crippen LogP contribution in [0.25, 0.3) is 0 Å². The molecule has 0 radical (unpaired) electrons. The third-order valence-corrected chi connectivity index (χ3v) is 7.56. The van der Waals surface area contributed by atoms with Gasteiger partial charge in [-0.25, -0.2) is 8.42 Å². The molecule has 3 rings (SSSR count). The Kier molecular flexibility index (Phi) is 9.86. The van der Waals surface area contributed by atoms with E-state index in [-0.39, 0.29) is 25.4 Å². The fourth-order valence-electron chi connectivity index (χ4n) is 3.75. The van der Waals surface area contributed by atoms with Crippen molar-refractivity contribution in [3.8, 4) is 0 Å². The lowest BCUT2D eigenvalue weighted by Gasteiger charge is -2.32. The van der Waals surface area contributed by atoms with Crippen LogP contribution in [-0.2, 0) is 39.1 Å². The number of sulfonamides is 1. The van der Waals surface area contributed by atoms with E-state index in [9.17, 15) is 18.0 Å². The fourth-order valence-corrected chi connectivity index (χ4v) is 4.22. The van der Waals surface area contributed by atoms with Crippen molar-refractivity contribution in [3.63, 3.8) is 0 Å². The number of benzene rings is 3. The summed E-state index contributed by atoms with van der Waals surface area (Å²) < 4.78 is 25.0. The normalized spacial score (nSPS) is 12.2. The Balaban J connectivity index is 1.93. The van der Waals surface area contributed by atoms with E-state index in [1.54, 1.807) is 24.3 Å². The third-order valence-electron chi connectivity index (χ3n) is 6.05. The summed E-state index contributed by atoms with van der Waals surface area (Å²) in [6.45, 7) is 2.02. The number of carbonyl (C=O) groups is 2. The average Bonchev–Trinajstić information content (AvgIpc) is 2.86. The van der Waals surface area contributed by atoms with Crippen molar-refractivity contribution in [1.82, 2.24) is 14.5 Å². The van der Waals surface area contributed by atoms with Crippen LogP contribution in [0.5, 0.6) is 0 Å². The molecule has 0 aliphatic carbocycles. The van der Waals surface area contributed by atoms with Crippen molar-refractivity contribution in [2.75, 3.05) is 19.8 Å². The zero-order valence-electron chi connectivity index (χ0n) is 21.2. The maximum atomic E-state index is 13.6. The van der Waals surface area contributed by atoms with Gasteiger partial charge in [0.25, 0.3) is 0 Å². The van der Waals surface area contributed by atoms with E-state index in [4.69, 9.17) is 11.6 Å². The Bertz CT molecular complexity index is 1300. The first kappa shape index (κ1) is 28.4. The summed E-state index contributed by atoms with van der Waals surface area (Å²) in [4.78, 5) is 28.6. The van der Waals surface area contributed by atoms with Gasteiger partial charge < -0.3 is 10.2 Å². The summed E-state index contributed by atoms with van der Waals surface area (Å²) in [5.74, 6) is -0.803. The number of rotatable bonds is 11. The molecule has 2 amide bonds. The van der Waals surface area contributed by atoms with Gasteiger partial charge in [-0.2, -0.15) is 4.31 Å². The highest BCUT2D eigenvalue weighted by Gasteiger charge is 2.31. The number of carbonyl (C=O) groups excluding carboxylic acids is 2. The molecule has 7 nitrogen and oxygen atoms in total. The Morgan fingerprint density at radius 2 is 1.49 bits per heavy atom. The molecule has 37 heavy (non-hydrogen) atoms. The second-order valence-corrected chi connectivity index (χ2v) is 11.6. The van der Waals surface area contributed by atoms with Crippen molar-refractivity contribution in [3.05, 3.63) is 106 Å². The molecule has 0 saturated carbocycles. The molecule has 9 heteroatoms. The van der Waals surface area contributed by atoms with E-state index < -0.39 is 22.0 Å². The Morgan fingerprint density at radius 1 is 0.892 bits per heavy atom. The third kappa shape index (κ3) is 8.70. The predicted octanol–water partition coefficient (Wildman–Crippen LogP) is 3.80. The van der Waals surface area contributed by atoms with Crippen molar-refractivity contribution in [2.45, 2.75) is 32.5 Å². The second-order valence-electron chi connectivity index (χ2n) is 9.08. The predicted molar refractivity (Wildman–Crippen MR) is 146 cm³/mol. The molecule has 3 aromatic carbocycles. The van der Waals surface area contributed by atoms with Crippen molar-refractivity contribution >= 4 is 33.4 Å². The molecule has 0 heterocycles. The molecule has 3 aromatic rings. The molecular formula is C28H32ClN3O4S. The van der Waals surface area contributed by atoms with Crippen LogP contribution in [0.15, 0.2) is 78.9 Å². The van der Waals surface area contributed by atoms with Crippen LogP contribution >= 0.6 is 11.6 Å². The summed E-state index contributed by atoms with van der Waals surface area (Å²) in [7, 11) is -2.25. The summed E-state index contributed by atoms with van der Waals surface area (Å²) in [6.07, 6.45) is 1.31. The number of nitrogens with zero attached hydrogens (tertiary/aromatic N) is 2. The smallest absolute Gasteiger partial charge is 0.243 e. The minimum atomic E-state index is -3.60. The number of nitrogens with one attached hydrogen (secondary N) is 1.